The lowest BCUT2D eigenvalue weighted by Crippen LogP contribution is -2.36. The van der Waals surface area contributed by atoms with Gasteiger partial charge in [-0.25, -0.2) is 16.8 Å². The molecule has 0 fully saturated rings. The van der Waals surface area contributed by atoms with Crippen LogP contribution in [0.25, 0.3) is 0 Å². The van der Waals surface area contributed by atoms with E-state index in [1.807, 2.05) is 39.8 Å². The maximum absolute atomic E-state index is 10.8. The number of nitrogens with zero attached hydrogens (tertiary/aromatic N) is 1. The molecular weight excluding hydrogens is 619 g/mol. The van der Waals surface area contributed by atoms with Gasteiger partial charge in [0.1, 0.15) is 0 Å². The second-order valence-electron chi connectivity index (χ2n) is 12.9. The van der Waals surface area contributed by atoms with Crippen molar-refractivity contribution in [1.29, 1.82) is 0 Å². The van der Waals surface area contributed by atoms with Crippen LogP contribution in [-0.4, -0.2) is 50.6 Å². The summed E-state index contributed by atoms with van der Waals surface area (Å²) in [6, 6.07) is -0.0324. The molecule has 0 saturated heterocycles. The zero-order valence-corrected chi connectivity index (χ0v) is 33.1. The molecule has 7 nitrogen and oxygen atoms in total. The molecule has 0 spiro atoms. The first-order valence-electron chi connectivity index (χ1n) is 15.9. The van der Waals surface area contributed by atoms with Crippen LogP contribution in [0.3, 0.4) is 0 Å². The van der Waals surface area contributed by atoms with E-state index in [4.69, 9.17) is 0 Å². The Morgan fingerprint density at radius 1 is 0.739 bits per heavy atom. The number of amides is 2. The molecule has 0 aromatic heterocycles. The van der Waals surface area contributed by atoms with Gasteiger partial charge in [0.15, 0.2) is 19.7 Å². The van der Waals surface area contributed by atoms with Crippen molar-refractivity contribution in [3.05, 3.63) is 73.6 Å². The van der Waals surface area contributed by atoms with E-state index in [1.54, 1.807) is 13.8 Å². The molecule has 270 valence electrons. The van der Waals surface area contributed by atoms with Crippen molar-refractivity contribution in [3.63, 3.8) is 0 Å². The topological polar surface area (TPSA) is 106 Å². The second-order valence-corrected chi connectivity index (χ2v) is 17.5. The Bertz CT molecular complexity index is 1110. The van der Waals surface area contributed by atoms with Gasteiger partial charge in [0.05, 0.1) is 11.0 Å². The maximum Gasteiger partial charge on any atom is 0.253 e. The lowest BCUT2D eigenvalue weighted by molar-refractivity contribution is -0.138. The predicted molar refractivity (Wildman–Crippen MR) is 203 cm³/mol. The zero-order valence-electron chi connectivity index (χ0n) is 31.5. The van der Waals surface area contributed by atoms with E-state index in [-0.39, 0.29) is 28.9 Å². The number of carbonyl (C=O) groups is 2. The Balaban J connectivity index is -0.000000149. The Morgan fingerprint density at radius 2 is 1.15 bits per heavy atom. The molecule has 0 saturated carbocycles. The van der Waals surface area contributed by atoms with E-state index >= 15 is 0 Å². The van der Waals surface area contributed by atoms with E-state index in [0.29, 0.717) is 18.3 Å². The largest absolute Gasteiger partial charge is 0.273 e. The van der Waals surface area contributed by atoms with Crippen LogP contribution >= 0.6 is 0 Å². The van der Waals surface area contributed by atoms with Gasteiger partial charge in [-0.2, -0.15) is 0 Å². The smallest absolute Gasteiger partial charge is 0.253 e. The summed E-state index contributed by atoms with van der Waals surface area (Å²) in [7, 11) is -5.92. The number of carbonyl (C=O) groups excluding carboxylic acids is 2. The highest BCUT2D eigenvalue weighted by molar-refractivity contribution is 7.94. The number of allylic oxidation sites excluding steroid dienone is 3. The fourth-order valence-corrected chi connectivity index (χ4v) is 3.98. The predicted octanol–water partition coefficient (Wildman–Crippen LogP) is 9.52. The van der Waals surface area contributed by atoms with Gasteiger partial charge < -0.3 is 0 Å². The fraction of sp³-hybridized carbons (Fsp3) is 0.622. The molecule has 0 bridgehead atoms. The first kappa shape index (κ1) is 53.0. The van der Waals surface area contributed by atoms with Crippen LogP contribution < -0.4 is 0 Å². The Hall–Kier alpha value is -2.52. The summed E-state index contributed by atoms with van der Waals surface area (Å²) >= 11 is 0. The summed E-state index contributed by atoms with van der Waals surface area (Å²) in [5.74, 6) is 2.46. The van der Waals surface area contributed by atoms with Crippen LogP contribution in [0, 0.1) is 23.7 Å². The maximum atomic E-state index is 10.8. The van der Waals surface area contributed by atoms with Gasteiger partial charge in [-0.15, -0.1) is 19.7 Å². The molecule has 2 amide bonds. The SMILES string of the molecule is C=C(C)CC(C)C.C=CC(C)C.C=CCC(C)C.C=CS(=O)(=O)C(C)C.C=CS(=O)(=O)CCC(C)C.CC(C)N1C(=O)C=CC1=O. The van der Waals surface area contributed by atoms with Gasteiger partial charge in [0.25, 0.3) is 11.8 Å². The van der Waals surface area contributed by atoms with Gasteiger partial charge in [-0.1, -0.05) is 86.3 Å². The third-order valence-electron chi connectivity index (χ3n) is 5.35. The van der Waals surface area contributed by atoms with Crippen LogP contribution in [0.1, 0.15) is 109 Å². The van der Waals surface area contributed by atoms with Crippen LogP contribution in [0.15, 0.2) is 73.6 Å². The van der Waals surface area contributed by atoms with Gasteiger partial charge in [0.2, 0.25) is 0 Å². The van der Waals surface area contributed by atoms with Gasteiger partial charge in [0, 0.05) is 29.0 Å². The van der Waals surface area contributed by atoms with Gasteiger partial charge in [-0.05, 0) is 77.6 Å². The standard InChI is InChI=1S/C7H9NO2.C7H14O2S.C7H14.C6H12.C5H10O2S.C5H10/c1-5(2)8-6(9)3-4-7(8)10;1-4-10(8,9)6-5-7(2)3;1-6(2)5-7(3)4;1-4-5-6(2)3;1-4-8(6,7)5(2)3;1-4-5(2)3/h3-5H,1-2H3;4,7H,1,5-6H2,2-3H3;7H,1,5H2,2-4H3;4,6H,1,5H2,2-3H3;4-5H,1H2,2-3H3;4-5H,1H2,2-3H3. The van der Waals surface area contributed by atoms with Gasteiger partial charge >= 0.3 is 0 Å². The van der Waals surface area contributed by atoms with E-state index in [9.17, 15) is 26.4 Å². The van der Waals surface area contributed by atoms with Crippen molar-refractivity contribution in [1.82, 2.24) is 4.90 Å². The molecule has 0 aliphatic carbocycles. The van der Waals surface area contributed by atoms with Crippen LogP contribution in [0.5, 0.6) is 0 Å². The van der Waals surface area contributed by atoms with E-state index in [1.165, 1.54) is 29.0 Å². The van der Waals surface area contributed by atoms with Gasteiger partial charge in [-0.3, -0.25) is 14.5 Å². The molecule has 0 aromatic carbocycles. The van der Waals surface area contributed by atoms with E-state index in [2.05, 4.69) is 81.4 Å². The number of rotatable bonds is 12. The molecule has 1 heterocycles. The molecule has 0 N–H and O–H groups in total. The summed E-state index contributed by atoms with van der Waals surface area (Å²) in [5, 5.41) is 1.67. The molecule has 46 heavy (non-hydrogen) atoms. The second kappa shape index (κ2) is 29.9. The fourth-order valence-electron chi connectivity index (χ4n) is 2.63. The average Bonchev–Trinajstić information content (AvgIpc) is 3.26. The average molecular weight is 688 g/mol. The molecule has 1 aliphatic heterocycles. The van der Waals surface area contributed by atoms with Crippen molar-refractivity contribution in [3.8, 4) is 0 Å². The third-order valence-corrected chi connectivity index (χ3v) is 8.44. The highest BCUT2D eigenvalue weighted by Crippen LogP contribution is 2.08. The molecule has 1 aliphatic rings. The highest BCUT2D eigenvalue weighted by Gasteiger charge is 2.25. The summed E-state index contributed by atoms with van der Waals surface area (Å²) in [6.45, 7) is 43.3. The summed E-state index contributed by atoms with van der Waals surface area (Å²) < 4.78 is 42.7. The summed E-state index contributed by atoms with van der Waals surface area (Å²) in [6.07, 6.45) is 9.48. The number of imide groups is 1. The minimum atomic E-state index is -2.97. The molecule has 0 unspecified atom stereocenters. The molecular formula is C37H69NO6S2. The summed E-state index contributed by atoms with van der Waals surface area (Å²) in [5.41, 5.74) is 1.29. The molecule has 1 rings (SSSR count). The van der Waals surface area contributed by atoms with Crippen molar-refractivity contribution in [2.75, 3.05) is 5.75 Å². The van der Waals surface area contributed by atoms with Crippen molar-refractivity contribution in [2.45, 2.75) is 121 Å². The highest BCUT2D eigenvalue weighted by atomic mass is 32.2. The third kappa shape index (κ3) is 39.5. The molecule has 9 heteroatoms. The monoisotopic (exact) mass is 687 g/mol. The molecule has 0 aromatic rings. The normalized spacial score (nSPS) is 12.1. The number of hydrogen-bond acceptors (Lipinski definition) is 6. The van der Waals surface area contributed by atoms with Crippen LogP contribution in [-0.2, 0) is 29.3 Å². The lowest BCUT2D eigenvalue weighted by atomic mass is 10.1. The van der Waals surface area contributed by atoms with Crippen molar-refractivity contribution in [2.24, 2.45) is 23.7 Å². The number of sulfone groups is 2. The minimum Gasteiger partial charge on any atom is -0.273 e. The first-order valence-corrected chi connectivity index (χ1v) is 19.2. The van der Waals surface area contributed by atoms with E-state index < -0.39 is 19.7 Å². The van der Waals surface area contributed by atoms with Crippen LogP contribution in [0.2, 0.25) is 0 Å². The minimum absolute atomic E-state index is 0.0324. The lowest BCUT2D eigenvalue weighted by Gasteiger charge is -2.17. The molecule has 0 radical (unpaired) electrons. The summed E-state index contributed by atoms with van der Waals surface area (Å²) in [4.78, 5) is 22.9. The number of hydrogen-bond donors (Lipinski definition) is 0. The van der Waals surface area contributed by atoms with Crippen LogP contribution in [0.4, 0.5) is 0 Å². The Kier molecular flexibility index (Phi) is 34.4. The zero-order chi connectivity index (χ0) is 37.8. The first-order chi connectivity index (χ1) is 20.8. The Morgan fingerprint density at radius 3 is 1.26 bits per heavy atom. The Labute approximate surface area is 285 Å². The molecule has 0 atom stereocenters. The quantitative estimate of drug-likeness (QED) is 0.149. The van der Waals surface area contributed by atoms with Crippen molar-refractivity contribution >= 4 is 31.5 Å². The van der Waals surface area contributed by atoms with Crippen molar-refractivity contribution < 1.29 is 26.4 Å². The van der Waals surface area contributed by atoms with E-state index in [0.717, 1.165) is 29.1 Å².